The van der Waals surface area contributed by atoms with Crippen molar-refractivity contribution in [2.75, 3.05) is 5.73 Å². The fourth-order valence-corrected chi connectivity index (χ4v) is 2.73. The Balaban J connectivity index is 1.95. The molecule has 0 aliphatic rings. The standard InChI is InChI=1S/C16H13Cl2N3/c17-13-7-12(8-14(18)9-13)16-20-5-6-21(16)10-11-1-3-15(19)4-2-11/h1-9H,10,19H2. The van der Waals surface area contributed by atoms with Crippen LogP contribution in [0.1, 0.15) is 5.56 Å². The monoisotopic (exact) mass is 317 g/mol. The molecule has 0 atom stereocenters. The second-order valence-electron chi connectivity index (χ2n) is 4.78. The largest absolute Gasteiger partial charge is 0.399 e. The SMILES string of the molecule is Nc1ccc(Cn2ccnc2-c2cc(Cl)cc(Cl)c2)cc1. The summed E-state index contributed by atoms with van der Waals surface area (Å²) < 4.78 is 2.05. The first-order valence-corrected chi connectivity index (χ1v) is 7.19. The Bertz CT molecular complexity index is 743. The molecule has 0 aliphatic carbocycles. The van der Waals surface area contributed by atoms with Crippen LogP contribution in [0.2, 0.25) is 10.0 Å². The van der Waals surface area contributed by atoms with Crippen LogP contribution in [0, 0.1) is 0 Å². The molecule has 1 heterocycles. The van der Waals surface area contributed by atoms with Crippen molar-refractivity contribution in [2.45, 2.75) is 6.54 Å². The van der Waals surface area contributed by atoms with Gasteiger partial charge in [-0.05, 0) is 35.9 Å². The van der Waals surface area contributed by atoms with Gasteiger partial charge in [-0.15, -0.1) is 0 Å². The fraction of sp³-hybridized carbons (Fsp3) is 0.0625. The number of anilines is 1. The summed E-state index contributed by atoms with van der Waals surface area (Å²) in [5.74, 6) is 0.830. The Kier molecular flexibility index (Phi) is 3.86. The minimum atomic E-state index is 0.597. The zero-order valence-electron chi connectivity index (χ0n) is 11.1. The molecule has 0 aliphatic heterocycles. The van der Waals surface area contributed by atoms with Crippen molar-refractivity contribution in [3.8, 4) is 11.4 Å². The maximum atomic E-state index is 6.06. The number of imidazole rings is 1. The molecule has 21 heavy (non-hydrogen) atoms. The molecule has 0 saturated carbocycles. The third-order valence-corrected chi connectivity index (χ3v) is 3.61. The molecule has 0 amide bonds. The molecule has 5 heteroatoms. The lowest BCUT2D eigenvalue weighted by molar-refractivity contribution is 0.807. The number of benzene rings is 2. The van der Waals surface area contributed by atoms with E-state index in [1.54, 1.807) is 12.3 Å². The van der Waals surface area contributed by atoms with E-state index in [1.165, 1.54) is 0 Å². The summed E-state index contributed by atoms with van der Waals surface area (Å²) >= 11 is 12.1. The number of nitrogens with zero attached hydrogens (tertiary/aromatic N) is 2. The molecule has 3 aromatic rings. The number of aromatic nitrogens is 2. The van der Waals surface area contributed by atoms with Crippen molar-refractivity contribution >= 4 is 28.9 Å². The van der Waals surface area contributed by atoms with Crippen LogP contribution in [0.4, 0.5) is 5.69 Å². The van der Waals surface area contributed by atoms with Gasteiger partial charge < -0.3 is 10.3 Å². The van der Waals surface area contributed by atoms with Gasteiger partial charge >= 0.3 is 0 Å². The summed E-state index contributed by atoms with van der Waals surface area (Å²) in [5, 5.41) is 1.19. The Morgan fingerprint density at radius 2 is 1.67 bits per heavy atom. The van der Waals surface area contributed by atoms with Gasteiger partial charge in [-0.25, -0.2) is 4.98 Å². The van der Waals surface area contributed by atoms with Gasteiger partial charge in [0.05, 0.1) is 0 Å². The van der Waals surface area contributed by atoms with E-state index in [4.69, 9.17) is 28.9 Å². The zero-order valence-corrected chi connectivity index (χ0v) is 12.6. The third-order valence-electron chi connectivity index (χ3n) is 3.17. The van der Waals surface area contributed by atoms with Gasteiger partial charge in [0.2, 0.25) is 0 Å². The molecule has 0 saturated heterocycles. The van der Waals surface area contributed by atoms with Crippen LogP contribution < -0.4 is 5.73 Å². The molecule has 2 aromatic carbocycles. The Morgan fingerprint density at radius 1 is 1.00 bits per heavy atom. The average Bonchev–Trinajstić information content (AvgIpc) is 2.88. The van der Waals surface area contributed by atoms with E-state index < -0.39 is 0 Å². The normalized spacial score (nSPS) is 10.8. The Morgan fingerprint density at radius 3 is 2.33 bits per heavy atom. The van der Waals surface area contributed by atoms with E-state index >= 15 is 0 Å². The topological polar surface area (TPSA) is 43.8 Å². The second kappa shape index (κ2) is 5.80. The smallest absolute Gasteiger partial charge is 0.140 e. The fourth-order valence-electron chi connectivity index (χ4n) is 2.20. The molecule has 3 rings (SSSR count). The Hall–Kier alpha value is -1.97. The predicted octanol–water partition coefficient (Wildman–Crippen LogP) is 4.49. The van der Waals surface area contributed by atoms with Gasteiger partial charge in [0.25, 0.3) is 0 Å². The van der Waals surface area contributed by atoms with E-state index in [0.717, 1.165) is 22.6 Å². The summed E-state index contributed by atoms with van der Waals surface area (Å²) in [7, 11) is 0. The third kappa shape index (κ3) is 3.20. The first kappa shape index (κ1) is 14.0. The molecular formula is C16H13Cl2N3. The van der Waals surface area contributed by atoms with Crippen molar-refractivity contribution in [1.82, 2.24) is 9.55 Å². The minimum absolute atomic E-state index is 0.597. The van der Waals surface area contributed by atoms with E-state index in [9.17, 15) is 0 Å². The summed E-state index contributed by atoms with van der Waals surface area (Å²) in [4.78, 5) is 4.40. The van der Waals surface area contributed by atoms with Crippen molar-refractivity contribution in [1.29, 1.82) is 0 Å². The molecule has 3 nitrogen and oxygen atoms in total. The molecule has 2 N–H and O–H groups in total. The first-order chi connectivity index (χ1) is 10.1. The van der Waals surface area contributed by atoms with Crippen LogP contribution in [-0.2, 0) is 6.54 Å². The van der Waals surface area contributed by atoms with Gasteiger partial charge in [-0.2, -0.15) is 0 Å². The molecule has 0 fully saturated rings. The summed E-state index contributed by atoms with van der Waals surface area (Å²) in [6.45, 7) is 0.708. The Labute approximate surface area is 132 Å². The van der Waals surface area contributed by atoms with Crippen molar-refractivity contribution in [3.63, 3.8) is 0 Å². The van der Waals surface area contributed by atoms with Crippen LogP contribution in [0.5, 0.6) is 0 Å². The van der Waals surface area contributed by atoms with Crippen LogP contribution in [0.25, 0.3) is 11.4 Å². The highest BCUT2D eigenvalue weighted by atomic mass is 35.5. The average molecular weight is 318 g/mol. The van der Waals surface area contributed by atoms with E-state index in [2.05, 4.69) is 4.98 Å². The molecule has 0 radical (unpaired) electrons. The summed E-state index contributed by atoms with van der Waals surface area (Å²) in [5.41, 5.74) is 8.51. The van der Waals surface area contributed by atoms with Crippen molar-refractivity contribution in [2.24, 2.45) is 0 Å². The second-order valence-corrected chi connectivity index (χ2v) is 5.65. The number of halogens is 2. The summed E-state index contributed by atoms with van der Waals surface area (Å²) in [6, 6.07) is 13.2. The zero-order chi connectivity index (χ0) is 14.8. The number of hydrogen-bond donors (Lipinski definition) is 1. The number of nitrogens with two attached hydrogens (primary N) is 1. The van der Waals surface area contributed by atoms with Gasteiger partial charge in [0.1, 0.15) is 5.82 Å². The van der Waals surface area contributed by atoms with E-state index in [-0.39, 0.29) is 0 Å². The number of nitrogen functional groups attached to an aromatic ring is 1. The van der Waals surface area contributed by atoms with Crippen LogP contribution >= 0.6 is 23.2 Å². The van der Waals surface area contributed by atoms with Gasteiger partial charge in [-0.3, -0.25) is 0 Å². The summed E-state index contributed by atoms with van der Waals surface area (Å²) in [6.07, 6.45) is 3.70. The quantitative estimate of drug-likeness (QED) is 0.723. The van der Waals surface area contributed by atoms with E-state index in [0.29, 0.717) is 16.6 Å². The lowest BCUT2D eigenvalue weighted by Gasteiger charge is -2.09. The molecular weight excluding hydrogens is 305 g/mol. The van der Waals surface area contributed by atoms with Gasteiger partial charge in [-0.1, -0.05) is 35.3 Å². The molecule has 0 unspecified atom stereocenters. The van der Waals surface area contributed by atoms with E-state index in [1.807, 2.05) is 47.2 Å². The molecule has 0 spiro atoms. The maximum absolute atomic E-state index is 6.06. The number of rotatable bonds is 3. The van der Waals surface area contributed by atoms with Crippen molar-refractivity contribution in [3.05, 3.63) is 70.5 Å². The van der Waals surface area contributed by atoms with Crippen LogP contribution in [0.3, 0.4) is 0 Å². The lowest BCUT2D eigenvalue weighted by atomic mass is 10.2. The van der Waals surface area contributed by atoms with Crippen LogP contribution in [-0.4, -0.2) is 9.55 Å². The molecule has 1 aromatic heterocycles. The molecule has 0 bridgehead atoms. The minimum Gasteiger partial charge on any atom is -0.399 e. The highest BCUT2D eigenvalue weighted by Crippen LogP contribution is 2.26. The predicted molar refractivity (Wildman–Crippen MR) is 87.6 cm³/mol. The highest BCUT2D eigenvalue weighted by molar-refractivity contribution is 6.35. The molecule has 106 valence electrons. The van der Waals surface area contributed by atoms with Crippen molar-refractivity contribution < 1.29 is 0 Å². The van der Waals surface area contributed by atoms with Gasteiger partial charge in [0, 0.05) is 40.2 Å². The number of hydrogen-bond acceptors (Lipinski definition) is 2. The lowest BCUT2D eigenvalue weighted by Crippen LogP contribution is -2.01. The van der Waals surface area contributed by atoms with Crippen LogP contribution in [0.15, 0.2) is 54.9 Å². The van der Waals surface area contributed by atoms with Gasteiger partial charge in [0.15, 0.2) is 0 Å². The maximum Gasteiger partial charge on any atom is 0.140 e. The highest BCUT2D eigenvalue weighted by Gasteiger charge is 2.08. The first-order valence-electron chi connectivity index (χ1n) is 6.44.